The maximum Gasteiger partial charge on any atom is 0.248 e. The highest BCUT2D eigenvalue weighted by Gasteiger charge is 2.10. The summed E-state index contributed by atoms with van der Waals surface area (Å²) in [5.41, 5.74) is 4.66. The number of amides is 1. The standard InChI is InChI=1S/C27H21ClN4O3/c1-17-15-24-25(31-32(30-24)20-7-9-21(34-2)10-8-20)16-23(17)29-27(33)14-12-22-11-13-26(35-22)18-3-5-19(28)6-4-18/h3-16H,1-2H3,(H,29,33)/b14-12+. The minimum absolute atomic E-state index is 0.278. The van der Waals surface area contributed by atoms with Gasteiger partial charge in [0.25, 0.3) is 0 Å². The Kier molecular flexibility index (Phi) is 6.08. The molecular weight excluding hydrogens is 464 g/mol. The number of hydrogen-bond acceptors (Lipinski definition) is 5. The molecule has 0 aliphatic heterocycles. The summed E-state index contributed by atoms with van der Waals surface area (Å²) in [5.74, 6) is 1.75. The van der Waals surface area contributed by atoms with Crippen molar-refractivity contribution >= 4 is 40.3 Å². The number of carbonyl (C=O) groups excluding carboxylic acids is 1. The molecule has 0 spiro atoms. The van der Waals surface area contributed by atoms with Gasteiger partial charge >= 0.3 is 0 Å². The molecule has 0 aliphatic carbocycles. The maximum absolute atomic E-state index is 12.6. The summed E-state index contributed by atoms with van der Waals surface area (Å²) in [4.78, 5) is 14.1. The number of halogens is 1. The lowest BCUT2D eigenvalue weighted by molar-refractivity contribution is -0.111. The van der Waals surface area contributed by atoms with E-state index >= 15 is 0 Å². The maximum atomic E-state index is 12.6. The molecule has 3 aromatic carbocycles. The van der Waals surface area contributed by atoms with Crippen molar-refractivity contribution in [3.63, 3.8) is 0 Å². The van der Waals surface area contributed by atoms with Gasteiger partial charge < -0.3 is 14.5 Å². The molecule has 5 rings (SSSR count). The van der Waals surface area contributed by atoms with Gasteiger partial charge in [-0.15, -0.1) is 10.2 Å². The molecule has 0 saturated heterocycles. The molecule has 2 aromatic heterocycles. The number of furan rings is 1. The molecule has 0 saturated carbocycles. The van der Waals surface area contributed by atoms with Crippen LogP contribution in [0, 0.1) is 6.92 Å². The van der Waals surface area contributed by atoms with Crippen molar-refractivity contribution in [2.45, 2.75) is 6.92 Å². The van der Waals surface area contributed by atoms with Crippen LogP contribution in [0.2, 0.25) is 5.02 Å². The minimum atomic E-state index is -0.278. The van der Waals surface area contributed by atoms with Gasteiger partial charge in [-0.25, -0.2) is 0 Å². The molecule has 0 radical (unpaired) electrons. The van der Waals surface area contributed by atoms with Gasteiger partial charge in [0.1, 0.15) is 28.3 Å². The van der Waals surface area contributed by atoms with E-state index in [4.69, 9.17) is 20.8 Å². The fourth-order valence-corrected chi connectivity index (χ4v) is 3.70. The molecule has 35 heavy (non-hydrogen) atoms. The van der Waals surface area contributed by atoms with Crippen molar-refractivity contribution in [1.82, 2.24) is 15.0 Å². The van der Waals surface area contributed by atoms with Crippen LogP contribution in [0.4, 0.5) is 5.69 Å². The first-order valence-corrected chi connectivity index (χ1v) is 11.2. The number of ether oxygens (including phenoxy) is 1. The van der Waals surface area contributed by atoms with E-state index in [1.165, 1.54) is 6.08 Å². The molecule has 0 fully saturated rings. The molecule has 174 valence electrons. The Bertz CT molecular complexity index is 1530. The average Bonchev–Trinajstić information content (AvgIpc) is 3.50. The van der Waals surface area contributed by atoms with Crippen LogP contribution in [-0.2, 0) is 4.79 Å². The summed E-state index contributed by atoms with van der Waals surface area (Å²) in [5, 5.41) is 12.7. The largest absolute Gasteiger partial charge is 0.497 e. The van der Waals surface area contributed by atoms with E-state index in [0.717, 1.165) is 28.1 Å². The monoisotopic (exact) mass is 484 g/mol. The zero-order chi connectivity index (χ0) is 24.4. The van der Waals surface area contributed by atoms with Crippen molar-refractivity contribution in [2.75, 3.05) is 12.4 Å². The van der Waals surface area contributed by atoms with Crippen molar-refractivity contribution in [2.24, 2.45) is 0 Å². The molecule has 0 bridgehead atoms. The van der Waals surface area contributed by atoms with E-state index in [2.05, 4.69) is 15.5 Å². The molecule has 5 aromatic rings. The Morgan fingerprint density at radius 1 is 1.00 bits per heavy atom. The zero-order valence-corrected chi connectivity index (χ0v) is 19.8. The van der Waals surface area contributed by atoms with Gasteiger partial charge in [-0.1, -0.05) is 11.6 Å². The van der Waals surface area contributed by atoms with Crippen LogP contribution in [0.25, 0.3) is 34.1 Å². The highest BCUT2D eigenvalue weighted by molar-refractivity contribution is 6.30. The third-order valence-corrected chi connectivity index (χ3v) is 5.69. The molecule has 8 heteroatoms. The van der Waals surface area contributed by atoms with E-state index in [0.29, 0.717) is 27.7 Å². The van der Waals surface area contributed by atoms with Crippen molar-refractivity contribution < 1.29 is 13.9 Å². The number of nitrogens with zero attached hydrogens (tertiary/aromatic N) is 3. The summed E-state index contributed by atoms with van der Waals surface area (Å²) in [6.45, 7) is 1.91. The van der Waals surface area contributed by atoms with Gasteiger partial charge in [-0.05, 0) is 91.4 Å². The smallest absolute Gasteiger partial charge is 0.248 e. The third kappa shape index (κ3) is 4.95. The summed E-state index contributed by atoms with van der Waals surface area (Å²) in [6, 6.07) is 22.2. The van der Waals surface area contributed by atoms with Crippen LogP contribution >= 0.6 is 11.6 Å². The highest BCUT2D eigenvalue weighted by atomic mass is 35.5. The first-order valence-electron chi connectivity index (χ1n) is 10.9. The number of carbonyl (C=O) groups is 1. The third-order valence-electron chi connectivity index (χ3n) is 5.44. The number of aromatic nitrogens is 3. The van der Waals surface area contributed by atoms with E-state index < -0.39 is 0 Å². The lowest BCUT2D eigenvalue weighted by Gasteiger charge is -2.05. The van der Waals surface area contributed by atoms with Gasteiger partial charge in [0.05, 0.1) is 12.8 Å². The minimum Gasteiger partial charge on any atom is -0.497 e. The van der Waals surface area contributed by atoms with Gasteiger partial charge in [0.15, 0.2) is 0 Å². The van der Waals surface area contributed by atoms with E-state index in [-0.39, 0.29) is 5.91 Å². The van der Waals surface area contributed by atoms with Gasteiger partial charge in [-0.3, -0.25) is 4.79 Å². The van der Waals surface area contributed by atoms with Crippen LogP contribution in [0.15, 0.2) is 83.3 Å². The molecule has 1 N–H and O–H groups in total. The zero-order valence-electron chi connectivity index (χ0n) is 19.0. The molecule has 2 heterocycles. The van der Waals surface area contributed by atoms with E-state index in [1.54, 1.807) is 30.1 Å². The topological polar surface area (TPSA) is 82.2 Å². The number of rotatable bonds is 6. The van der Waals surface area contributed by atoms with E-state index in [9.17, 15) is 4.79 Å². The molecule has 0 aliphatic rings. The van der Waals surface area contributed by atoms with Crippen LogP contribution in [0.5, 0.6) is 5.75 Å². The first kappa shape index (κ1) is 22.4. The molecule has 7 nitrogen and oxygen atoms in total. The quantitative estimate of drug-likeness (QED) is 0.286. The fraction of sp³-hybridized carbons (Fsp3) is 0.0741. The Morgan fingerprint density at radius 2 is 1.71 bits per heavy atom. The van der Waals surface area contributed by atoms with Crippen LogP contribution in [-0.4, -0.2) is 28.0 Å². The SMILES string of the molecule is COc1ccc(-n2nc3cc(C)c(NC(=O)/C=C/c4ccc(-c5ccc(Cl)cc5)o4)cc3n2)cc1. The number of nitrogens with one attached hydrogen (secondary N) is 1. The molecule has 0 unspecified atom stereocenters. The normalized spacial score (nSPS) is 11.3. The Labute approximate surface area is 206 Å². The van der Waals surface area contributed by atoms with Gasteiger partial charge in [0.2, 0.25) is 5.91 Å². The number of benzene rings is 3. The Hall–Kier alpha value is -4.36. The number of anilines is 1. The average molecular weight is 485 g/mol. The van der Waals surface area contributed by atoms with Crippen LogP contribution < -0.4 is 10.1 Å². The molecular formula is C27H21ClN4O3. The molecule has 0 atom stereocenters. The van der Waals surface area contributed by atoms with Crippen LogP contribution in [0.1, 0.15) is 11.3 Å². The lowest BCUT2D eigenvalue weighted by Crippen LogP contribution is -2.08. The molecule has 1 amide bonds. The summed E-state index contributed by atoms with van der Waals surface area (Å²) in [7, 11) is 1.62. The highest BCUT2D eigenvalue weighted by Crippen LogP contribution is 2.25. The second-order valence-corrected chi connectivity index (χ2v) is 8.31. The summed E-state index contributed by atoms with van der Waals surface area (Å²) in [6.07, 6.45) is 3.06. The fourth-order valence-electron chi connectivity index (χ4n) is 3.58. The number of fused-ring (bicyclic) bond motifs is 1. The lowest BCUT2D eigenvalue weighted by atomic mass is 10.1. The van der Waals surface area contributed by atoms with Crippen molar-refractivity contribution in [1.29, 1.82) is 0 Å². The van der Waals surface area contributed by atoms with Crippen molar-refractivity contribution in [3.05, 3.63) is 95.2 Å². The number of hydrogen-bond donors (Lipinski definition) is 1. The van der Waals surface area contributed by atoms with Gasteiger partial charge in [0, 0.05) is 22.3 Å². The van der Waals surface area contributed by atoms with Gasteiger partial charge in [-0.2, -0.15) is 4.80 Å². The second-order valence-electron chi connectivity index (χ2n) is 7.87. The first-order chi connectivity index (χ1) is 17.0. The number of aryl methyl sites for hydroxylation is 1. The second kappa shape index (κ2) is 9.48. The Balaban J connectivity index is 1.30. The summed E-state index contributed by atoms with van der Waals surface area (Å²) < 4.78 is 11.0. The number of methoxy groups -OCH3 is 1. The Morgan fingerprint density at radius 3 is 2.43 bits per heavy atom. The van der Waals surface area contributed by atoms with Crippen molar-refractivity contribution in [3.8, 4) is 22.8 Å². The van der Waals surface area contributed by atoms with Crippen LogP contribution in [0.3, 0.4) is 0 Å². The summed E-state index contributed by atoms with van der Waals surface area (Å²) >= 11 is 5.94. The predicted molar refractivity (Wildman–Crippen MR) is 137 cm³/mol. The van der Waals surface area contributed by atoms with E-state index in [1.807, 2.05) is 67.6 Å². The predicted octanol–water partition coefficient (Wildman–Crippen LogP) is 6.30.